The van der Waals surface area contributed by atoms with Crippen LogP contribution in [0.2, 0.25) is 5.02 Å². The molecule has 0 atom stereocenters. The fraction of sp³-hybridized carbons (Fsp3) is 0.542. The number of amides is 3. The molecule has 3 amide bonds. The lowest BCUT2D eigenvalue weighted by atomic mass is 9.92. The van der Waals surface area contributed by atoms with Crippen LogP contribution in [0.25, 0.3) is 0 Å². The van der Waals surface area contributed by atoms with Crippen molar-refractivity contribution in [2.75, 3.05) is 23.7 Å². The number of nitrogens with one attached hydrogen (secondary N) is 2. The van der Waals surface area contributed by atoms with Gasteiger partial charge in [0.1, 0.15) is 18.2 Å². The van der Waals surface area contributed by atoms with Crippen LogP contribution in [-0.4, -0.2) is 39.7 Å². The quantitative estimate of drug-likeness (QED) is 0.511. The molecular formula is C24H35ClFN5O2. The summed E-state index contributed by atoms with van der Waals surface area (Å²) in [6, 6.07) is 5.36. The Morgan fingerprint density at radius 1 is 1.12 bits per heavy atom. The molecule has 33 heavy (non-hydrogen) atoms. The number of hydrogen-bond acceptors (Lipinski definition) is 3. The van der Waals surface area contributed by atoms with Crippen LogP contribution in [-0.2, 0) is 15.7 Å². The van der Waals surface area contributed by atoms with Crippen LogP contribution >= 0.6 is 11.6 Å². The number of halogens is 2. The number of rotatable bonds is 7. The lowest BCUT2D eigenvalue weighted by Crippen LogP contribution is -2.41. The summed E-state index contributed by atoms with van der Waals surface area (Å²) in [6.07, 6.45) is 1.60. The molecule has 2 N–H and O–H groups in total. The molecule has 0 saturated heterocycles. The van der Waals surface area contributed by atoms with Gasteiger partial charge < -0.3 is 15.5 Å². The maximum absolute atomic E-state index is 13.4. The van der Waals surface area contributed by atoms with Gasteiger partial charge in [-0.1, -0.05) is 45.7 Å². The fourth-order valence-corrected chi connectivity index (χ4v) is 3.26. The normalized spacial score (nSPS) is 11.9. The molecule has 0 unspecified atom stereocenters. The molecule has 7 nitrogen and oxygen atoms in total. The fourth-order valence-electron chi connectivity index (χ4n) is 3.08. The number of anilines is 2. The van der Waals surface area contributed by atoms with Crippen LogP contribution in [0.4, 0.5) is 20.7 Å². The lowest BCUT2D eigenvalue weighted by Gasteiger charge is -2.25. The van der Waals surface area contributed by atoms with Crippen LogP contribution in [0, 0.1) is 5.82 Å². The number of unbranched alkanes of at least 4 members (excludes halogenated alkanes) is 1. The molecular weight excluding hydrogens is 445 g/mol. The van der Waals surface area contributed by atoms with Crippen molar-refractivity contribution in [2.24, 2.45) is 0 Å². The summed E-state index contributed by atoms with van der Waals surface area (Å²) < 4.78 is 15.2. The van der Waals surface area contributed by atoms with Crippen LogP contribution in [0.3, 0.4) is 0 Å². The Labute approximate surface area is 200 Å². The van der Waals surface area contributed by atoms with E-state index in [-0.39, 0.29) is 28.4 Å². The van der Waals surface area contributed by atoms with E-state index in [1.807, 2.05) is 33.8 Å². The molecule has 0 fully saturated rings. The van der Waals surface area contributed by atoms with Crippen molar-refractivity contribution in [2.45, 2.75) is 72.3 Å². The van der Waals surface area contributed by atoms with E-state index >= 15 is 0 Å². The molecule has 9 heteroatoms. The highest BCUT2D eigenvalue weighted by Gasteiger charge is 2.26. The summed E-state index contributed by atoms with van der Waals surface area (Å²) in [4.78, 5) is 27.2. The maximum atomic E-state index is 13.4. The first-order chi connectivity index (χ1) is 15.2. The summed E-state index contributed by atoms with van der Waals surface area (Å²) in [6.45, 7) is 14.5. The van der Waals surface area contributed by atoms with Crippen LogP contribution < -0.4 is 10.6 Å². The third kappa shape index (κ3) is 7.45. The van der Waals surface area contributed by atoms with E-state index < -0.39 is 11.8 Å². The molecule has 0 spiro atoms. The second-order valence-electron chi connectivity index (χ2n) is 10.1. The van der Waals surface area contributed by atoms with Crippen molar-refractivity contribution in [3.8, 4) is 0 Å². The average Bonchev–Trinajstić information content (AvgIpc) is 3.12. The molecule has 1 aromatic carbocycles. The van der Waals surface area contributed by atoms with Gasteiger partial charge >= 0.3 is 6.03 Å². The van der Waals surface area contributed by atoms with Gasteiger partial charge in [0.05, 0.1) is 16.3 Å². The highest BCUT2D eigenvalue weighted by Crippen LogP contribution is 2.28. The average molecular weight is 480 g/mol. The summed E-state index contributed by atoms with van der Waals surface area (Å²) in [5.74, 6) is -0.315. The minimum atomic E-state index is -0.568. The first kappa shape index (κ1) is 26.6. The minimum Gasteiger partial charge on any atom is -0.315 e. The predicted octanol–water partition coefficient (Wildman–Crippen LogP) is 6.00. The molecule has 0 bridgehead atoms. The summed E-state index contributed by atoms with van der Waals surface area (Å²) in [5.41, 5.74) is 0.697. The van der Waals surface area contributed by atoms with Gasteiger partial charge in [0.25, 0.3) is 0 Å². The summed E-state index contributed by atoms with van der Waals surface area (Å²) in [7, 11) is 0. The van der Waals surface area contributed by atoms with E-state index in [4.69, 9.17) is 16.7 Å². The van der Waals surface area contributed by atoms with Crippen molar-refractivity contribution >= 4 is 35.0 Å². The van der Waals surface area contributed by atoms with Crippen molar-refractivity contribution in [3.63, 3.8) is 0 Å². The Balaban J connectivity index is 2.19. The van der Waals surface area contributed by atoms with Gasteiger partial charge in [-0.3, -0.25) is 4.79 Å². The number of aromatic nitrogens is 2. The Morgan fingerprint density at radius 2 is 1.79 bits per heavy atom. The van der Waals surface area contributed by atoms with Gasteiger partial charge in [-0.05, 0) is 45.4 Å². The van der Waals surface area contributed by atoms with Crippen molar-refractivity contribution < 1.29 is 14.0 Å². The van der Waals surface area contributed by atoms with E-state index in [1.165, 1.54) is 23.1 Å². The van der Waals surface area contributed by atoms with E-state index in [1.54, 1.807) is 4.68 Å². The lowest BCUT2D eigenvalue weighted by molar-refractivity contribution is -0.116. The zero-order chi connectivity index (χ0) is 25.0. The second-order valence-corrected chi connectivity index (χ2v) is 10.5. The topological polar surface area (TPSA) is 79.3 Å². The molecule has 2 rings (SSSR count). The first-order valence-electron chi connectivity index (χ1n) is 11.1. The zero-order valence-corrected chi connectivity index (χ0v) is 21.3. The monoisotopic (exact) mass is 479 g/mol. The Bertz CT molecular complexity index is 992. The number of carbonyl (C=O) groups is 2. The SMILES string of the molecule is CCCCN(CC(=O)Nc1cc(C(C)(C)C)nn1C(C)(C)C)C(=O)Nc1ccc(F)c(Cl)c1. The zero-order valence-electron chi connectivity index (χ0n) is 20.6. The molecule has 2 aromatic rings. The largest absolute Gasteiger partial charge is 0.322 e. The predicted molar refractivity (Wildman–Crippen MR) is 131 cm³/mol. The van der Waals surface area contributed by atoms with Gasteiger partial charge in [-0.2, -0.15) is 5.10 Å². The number of benzene rings is 1. The molecule has 0 aliphatic carbocycles. The van der Waals surface area contributed by atoms with E-state index in [0.717, 1.165) is 18.5 Å². The summed E-state index contributed by atoms with van der Waals surface area (Å²) >= 11 is 5.81. The van der Waals surface area contributed by atoms with E-state index in [2.05, 4.69) is 31.4 Å². The number of hydrogen-bond donors (Lipinski definition) is 2. The van der Waals surface area contributed by atoms with Crippen LogP contribution in [0.15, 0.2) is 24.3 Å². The second kappa shape index (κ2) is 10.5. The molecule has 1 heterocycles. The Morgan fingerprint density at radius 3 is 2.33 bits per heavy atom. The molecule has 1 aromatic heterocycles. The molecule has 182 valence electrons. The number of nitrogens with zero attached hydrogens (tertiary/aromatic N) is 3. The highest BCUT2D eigenvalue weighted by atomic mass is 35.5. The minimum absolute atomic E-state index is 0.0873. The van der Waals surface area contributed by atoms with Crippen molar-refractivity contribution in [1.29, 1.82) is 0 Å². The van der Waals surface area contributed by atoms with Gasteiger partial charge in [0.15, 0.2) is 0 Å². The third-order valence-corrected chi connectivity index (χ3v) is 5.24. The Hall–Kier alpha value is -2.61. The maximum Gasteiger partial charge on any atom is 0.322 e. The van der Waals surface area contributed by atoms with Crippen molar-refractivity contribution in [1.82, 2.24) is 14.7 Å². The van der Waals surface area contributed by atoms with Gasteiger partial charge in [0.2, 0.25) is 5.91 Å². The van der Waals surface area contributed by atoms with Gasteiger partial charge in [-0.15, -0.1) is 0 Å². The first-order valence-corrected chi connectivity index (χ1v) is 11.5. The standard InChI is InChI=1S/C24H35ClFN5O2/c1-8-9-12-30(22(33)27-16-10-11-18(26)17(25)13-16)15-21(32)28-20-14-19(23(2,3)4)29-31(20)24(5,6)7/h10-11,13-14H,8-9,12,15H2,1-7H3,(H,27,33)(H,28,32). The third-order valence-electron chi connectivity index (χ3n) is 4.95. The van der Waals surface area contributed by atoms with Gasteiger partial charge in [0, 0.05) is 23.7 Å². The van der Waals surface area contributed by atoms with Crippen LogP contribution in [0.1, 0.15) is 67.0 Å². The number of carbonyl (C=O) groups excluding carboxylic acids is 2. The Kier molecular flexibility index (Phi) is 8.52. The highest BCUT2D eigenvalue weighted by molar-refractivity contribution is 6.31. The number of urea groups is 1. The smallest absolute Gasteiger partial charge is 0.315 e. The van der Waals surface area contributed by atoms with Crippen molar-refractivity contribution in [3.05, 3.63) is 40.8 Å². The van der Waals surface area contributed by atoms with Gasteiger partial charge in [-0.25, -0.2) is 13.9 Å². The summed E-state index contributed by atoms with van der Waals surface area (Å²) in [5, 5.41) is 10.2. The molecule has 0 aliphatic heterocycles. The molecule has 0 radical (unpaired) electrons. The van der Waals surface area contributed by atoms with Crippen LogP contribution in [0.5, 0.6) is 0 Å². The van der Waals surface area contributed by atoms with E-state index in [0.29, 0.717) is 18.1 Å². The molecule has 0 saturated carbocycles. The molecule has 0 aliphatic rings. The van der Waals surface area contributed by atoms with E-state index in [9.17, 15) is 14.0 Å².